The van der Waals surface area contributed by atoms with E-state index < -0.39 is 0 Å². The van der Waals surface area contributed by atoms with E-state index in [9.17, 15) is 0 Å². The van der Waals surface area contributed by atoms with Gasteiger partial charge < -0.3 is 5.11 Å². The number of hydrogen-bond donors (Lipinski definition) is 2. The van der Waals surface area contributed by atoms with Gasteiger partial charge in [0, 0.05) is 5.70 Å². The SMILES string of the molecule is C=C1C=CC(=NCCO)NN1/C(C)=C\C. The van der Waals surface area contributed by atoms with E-state index in [0.29, 0.717) is 6.54 Å². The average molecular weight is 207 g/mol. The number of hydrogen-bond acceptors (Lipinski definition) is 3. The molecule has 0 aromatic carbocycles. The number of allylic oxidation sites excluding steroid dienone is 3. The molecule has 0 unspecified atom stereocenters. The molecule has 0 bridgehead atoms. The van der Waals surface area contributed by atoms with Gasteiger partial charge in [-0.1, -0.05) is 12.7 Å². The summed E-state index contributed by atoms with van der Waals surface area (Å²) in [6, 6.07) is 0. The van der Waals surface area contributed by atoms with Crippen LogP contribution in [0.1, 0.15) is 13.8 Å². The summed E-state index contributed by atoms with van der Waals surface area (Å²) in [7, 11) is 0. The maximum Gasteiger partial charge on any atom is 0.140 e. The third kappa shape index (κ3) is 2.95. The monoisotopic (exact) mass is 207 g/mol. The fraction of sp³-hybridized carbons (Fsp3) is 0.364. The number of nitrogens with one attached hydrogen (secondary N) is 1. The van der Waals surface area contributed by atoms with Gasteiger partial charge in [0.15, 0.2) is 0 Å². The number of amidine groups is 1. The predicted molar refractivity (Wildman–Crippen MR) is 62.1 cm³/mol. The van der Waals surface area contributed by atoms with Crippen molar-refractivity contribution in [3.63, 3.8) is 0 Å². The minimum atomic E-state index is 0.0581. The maximum atomic E-state index is 8.67. The van der Waals surface area contributed by atoms with Crippen molar-refractivity contribution in [1.29, 1.82) is 0 Å². The first kappa shape index (κ1) is 11.5. The van der Waals surface area contributed by atoms with Gasteiger partial charge in [0.1, 0.15) is 5.84 Å². The number of hydrazine groups is 1. The second kappa shape index (κ2) is 5.36. The lowest BCUT2D eigenvalue weighted by Gasteiger charge is -2.30. The molecule has 1 rings (SSSR count). The average Bonchev–Trinajstić information content (AvgIpc) is 2.27. The molecule has 0 radical (unpaired) electrons. The minimum absolute atomic E-state index is 0.0581. The van der Waals surface area contributed by atoms with Crippen LogP contribution in [0.4, 0.5) is 0 Å². The molecule has 1 aliphatic heterocycles. The van der Waals surface area contributed by atoms with Gasteiger partial charge in [-0.25, -0.2) is 0 Å². The summed E-state index contributed by atoms with van der Waals surface area (Å²) in [4.78, 5) is 4.16. The number of aliphatic hydroxyl groups excluding tert-OH is 1. The number of rotatable bonds is 3. The summed E-state index contributed by atoms with van der Waals surface area (Å²) in [5, 5.41) is 10.5. The first-order chi connectivity index (χ1) is 7.19. The molecule has 1 heterocycles. The molecule has 2 N–H and O–H groups in total. The van der Waals surface area contributed by atoms with E-state index in [1.165, 1.54) is 0 Å². The highest BCUT2D eigenvalue weighted by molar-refractivity contribution is 5.94. The van der Waals surface area contributed by atoms with Gasteiger partial charge in [0.25, 0.3) is 0 Å². The lowest BCUT2D eigenvalue weighted by atomic mass is 10.3. The van der Waals surface area contributed by atoms with Gasteiger partial charge in [-0.15, -0.1) is 0 Å². The van der Waals surface area contributed by atoms with Crippen molar-refractivity contribution in [2.45, 2.75) is 13.8 Å². The topological polar surface area (TPSA) is 47.9 Å². The van der Waals surface area contributed by atoms with Gasteiger partial charge in [-0.05, 0) is 26.0 Å². The fourth-order valence-corrected chi connectivity index (χ4v) is 1.18. The first-order valence-corrected chi connectivity index (χ1v) is 4.91. The Kier molecular flexibility index (Phi) is 4.12. The van der Waals surface area contributed by atoms with E-state index in [1.54, 1.807) is 0 Å². The van der Waals surface area contributed by atoms with Crippen LogP contribution >= 0.6 is 0 Å². The zero-order valence-corrected chi connectivity index (χ0v) is 9.20. The third-order valence-corrected chi connectivity index (χ3v) is 2.10. The van der Waals surface area contributed by atoms with Gasteiger partial charge in [0.2, 0.25) is 0 Å². The van der Waals surface area contributed by atoms with Crippen LogP contribution in [0.5, 0.6) is 0 Å². The second-order valence-corrected chi connectivity index (χ2v) is 3.19. The van der Waals surface area contributed by atoms with Gasteiger partial charge in [-0.2, -0.15) is 0 Å². The quantitative estimate of drug-likeness (QED) is 0.731. The van der Waals surface area contributed by atoms with Crippen LogP contribution in [0, 0.1) is 0 Å². The van der Waals surface area contributed by atoms with Crippen molar-refractivity contribution in [2.24, 2.45) is 4.99 Å². The Balaban J connectivity index is 2.79. The first-order valence-electron chi connectivity index (χ1n) is 4.91. The van der Waals surface area contributed by atoms with Crippen molar-refractivity contribution in [3.05, 3.63) is 36.2 Å². The highest BCUT2D eigenvalue weighted by Gasteiger charge is 2.12. The molecule has 4 nitrogen and oxygen atoms in total. The van der Waals surface area contributed by atoms with Gasteiger partial charge in [0.05, 0.1) is 18.8 Å². The highest BCUT2D eigenvalue weighted by atomic mass is 16.3. The van der Waals surface area contributed by atoms with Gasteiger partial charge >= 0.3 is 0 Å². The van der Waals surface area contributed by atoms with Gasteiger partial charge in [-0.3, -0.25) is 15.4 Å². The summed E-state index contributed by atoms with van der Waals surface area (Å²) in [5.41, 5.74) is 5.03. The standard InChI is InChI=1S/C11H17N3O/c1-4-9(2)14-10(3)5-6-11(13-14)12-7-8-15/h4-6,15H,3,7-8H2,1-2H3,(H,12,13)/b9-4-. The Bertz CT molecular complexity index is 329. The van der Waals surface area contributed by atoms with Crippen LogP contribution < -0.4 is 5.43 Å². The normalized spacial score (nSPS) is 19.7. The molecule has 0 saturated carbocycles. The minimum Gasteiger partial charge on any atom is -0.394 e. The number of aliphatic hydroxyl groups is 1. The molecule has 4 heteroatoms. The summed E-state index contributed by atoms with van der Waals surface area (Å²) in [6.45, 7) is 8.33. The Morgan fingerprint density at radius 2 is 2.40 bits per heavy atom. The van der Waals surface area contributed by atoms with Crippen molar-refractivity contribution in [3.8, 4) is 0 Å². The Morgan fingerprint density at radius 3 is 3.00 bits per heavy atom. The van der Waals surface area contributed by atoms with Crippen molar-refractivity contribution in [2.75, 3.05) is 13.2 Å². The van der Waals surface area contributed by atoms with Crippen LogP contribution in [0.3, 0.4) is 0 Å². The molecule has 82 valence electrons. The van der Waals surface area contributed by atoms with E-state index in [2.05, 4.69) is 17.0 Å². The number of nitrogens with zero attached hydrogens (tertiary/aromatic N) is 2. The van der Waals surface area contributed by atoms with Crippen LogP contribution in [0.25, 0.3) is 0 Å². The molecular formula is C11H17N3O. The molecule has 1 aliphatic rings. The van der Waals surface area contributed by atoms with Crippen LogP contribution in [-0.2, 0) is 0 Å². The molecular weight excluding hydrogens is 190 g/mol. The van der Waals surface area contributed by atoms with Crippen LogP contribution in [0.2, 0.25) is 0 Å². The van der Waals surface area contributed by atoms with Crippen LogP contribution in [-0.4, -0.2) is 29.1 Å². The van der Waals surface area contributed by atoms with E-state index in [4.69, 9.17) is 5.11 Å². The molecule has 0 aliphatic carbocycles. The Hall–Kier alpha value is -1.55. The summed E-state index contributed by atoms with van der Waals surface area (Å²) in [5.74, 6) is 0.734. The Morgan fingerprint density at radius 1 is 1.67 bits per heavy atom. The zero-order valence-electron chi connectivity index (χ0n) is 9.20. The largest absolute Gasteiger partial charge is 0.394 e. The lowest BCUT2D eigenvalue weighted by Crippen LogP contribution is -2.41. The molecule has 0 aromatic heterocycles. The third-order valence-electron chi connectivity index (χ3n) is 2.10. The second-order valence-electron chi connectivity index (χ2n) is 3.19. The molecule has 0 saturated heterocycles. The molecule has 0 amide bonds. The van der Waals surface area contributed by atoms with Crippen molar-refractivity contribution in [1.82, 2.24) is 10.4 Å². The van der Waals surface area contributed by atoms with E-state index >= 15 is 0 Å². The lowest BCUT2D eigenvalue weighted by molar-refractivity contribution is 0.306. The van der Waals surface area contributed by atoms with Crippen molar-refractivity contribution >= 4 is 5.84 Å². The van der Waals surface area contributed by atoms with Crippen LogP contribution in [0.15, 0.2) is 41.2 Å². The molecule has 0 atom stereocenters. The highest BCUT2D eigenvalue weighted by Crippen LogP contribution is 2.12. The molecule has 15 heavy (non-hydrogen) atoms. The molecule has 0 fully saturated rings. The smallest absolute Gasteiger partial charge is 0.140 e. The maximum absolute atomic E-state index is 8.67. The fourth-order valence-electron chi connectivity index (χ4n) is 1.18. The summed E-state index contributed by atoms with van der Waals surface area (Å²) in [6.07, 6.45) is 5.72. The molecule has 0 spiro atoms. The molecule has 0 aromatic rings. The predicted octanol–water partition coefficient (Wildman–Crippen LogP) is 1.19. The zero-order chi connectivity index (χ0) is 11.3. The number of aliphatic imine (C=N–C) groups is 1. The van der Waals surface area contributed by atoms with E-state index in [1.807, 2.05) is 37.1 Å². The van der Waals surface area contributed by atoms with E-state index in [-0.39, 0.29) is 6.61 Å². The van der Waals surface area contributed by atoms with E-state index in [0.717, 1.165) is 17.2 Å². The Labute approximate surface area is 90.3 Å². The summed E-state index contributed by atoms with van der Waals surface area (Å²) >= 11 is 0. The summed E-state index contributed by atoms with van der Waals surface area (Å²) < 4.78 is 0. The van der Waals surface area contributed by atoms with Crippen molar-refractivity contribution < 1.29 is 5.11 Å².